The highest BCUT2D eigenvalue weighted by Gasteiger charge is 2.04. The maximum Gasteiger partial charge on any atom is 0.102 e. The molecule has 2 heteroatoms. The molecule has 0 rings (SSSR count). The summed E-state index contributed by atoms with van der Waals surface area (Å²) in [5, 5.41) is 0. The molecule has 0 unspecified atom stereocenters. The minimum atomic E-state index is 0.333. The molecule has 0 N–H and O–H groups in total. The summed E-state index contributed by atoms with van der Waals surface area (Å²) in [4.78, 5) is 0. The second-order valence-corrected chi connectivity index (χ2v) is 3.09. The summed E-state index contributed by atoms with van der Waals surface area (Å²) in [6.07, 6.45) is 0. The Kier molecular flexibility index (Phi) is 3.82. The number of ether oxygens (including phenoxy) is 1. The fraction of sp³-hybridized carbons (Fsp3) is 0.857. The molecule has 0 heterocycles. The molecule has 0 saturated heterocycles. The van der Waals surface area contributed by atoms with Gasteiger partial charge in [0.05, 0.1) is 34.4 Å². The molecule has 0 spiro atoms. The summed E-state index contributed by atoms with van der Waals surface area (Å²) in [6.45, 7) is 7.22. The third kappa shape index (κ3) is 7.92. The zero-order valence-electron chi connectivity index (χ0n) is 6.55. The van der Waals surface area contributed by atoms with Gasteiger partial charge in [0.2, 0.25) is 0 Å². The first kappa shape index (κ1) is 8.92. The molecule has 0 aliphatic heterocycles. The van der Waals surface area contributed by atoms with Gasteiger partial charge >= 0.3 is 0 Å². The van der Waals surface area contributed by atoms with Crippen LogP contribution in [0.25, 0.3) is 0 Å². The van der Waals surface area contributed by atoms with Crippen LogP contribution in [0, 0.1) is 6.92 Å². The molecule has 0 aliphatic rings. The van der Waals surface area contributed by atoms with E-state index in [9.17, 15) is 0 Å². The van der Waals surface area contributed by atoms with Gasteiger partial charge in [0.25, 0.3) is 0 Å². The zero-order chi connectivity index (χ0) is 7.33. The van der Waals surface area contributed by atoms with Crippen molar-refractivity contribution in [1.29, 1.82) is 0 Å². The summed E-state index contributed by atoms with van der Waals surface area (Å²) in [5.41, 5.74) is 0. The van der Waals surface area contributed by atoms with Crippen LogP contribution in [0.3, 0.4) is 0 Å². The van der Waals surface area contributed by atoms with E-state index in [-0.39, 0.29) is 0 Å². The van der Waals surface area contributed by atoms with Gasteiger partial charge in [-0.2, -0.15) is 0 Å². The van der Waals surface area contributed by atoms with Crippen molar-refractivity contribution in [2.45, 2.75) is 0 Å². The van der Waals surface area contributed by atoms with Crippen LogP contribution < -0.4 is 0 Å². The molecule has 2 nitrogen and oxygen atoms in total. The first-order chi connectivity index (χ1) is 4.06. The van der Waals surface area contributed by atoms with Crippen LogP contribution in [0.2, 0.25) is 0 Å². The van der Waals surface area contributed by atoms with E-state index in [0.717, 1.165) is 17.6 Å². The lowest BCUT2D eigenvalue weighted by Crippen LogP contribution is -2.37. The zero-order valence-corrected chi connectivity index (χ0v) is 6.55. The molecule has 0 aromatic rings. The Morgan fingerprint density at radius 2 is 1.89 bits per heavy atom. The lowest BCUT2D eigenvalue weighted by atomic mass is 10.5. The lowest BCUT2D eigenvalue weighted by Gasteiger charge is -2.23. The molecule has 0 aliphatic carbocycles. The second kappa shape index (κ2) is 3.85. The van der Waals surface area contributed by atoms with E-state index >= 15 is 0 Å². The number of quaternary nitrogens is 1. The van der Waals surface area contributed by atoms with Crippen LogP contribution in [0.5, 0.6) is 0 Å². The lowest BCUT2D eigenvalue weighted by molar-refractivity contribution is -0.870. The topological polar surface area (TPSA) is 9.23 Å². The van der Waals surface area contributed by atoms with Gasteiger partial charge < -0.3 is 9.22 Å². The minimum Gasteiger partial charge on any atom is -0.375 e. The van der Waals surface area contributed by atoms with Crippen molar-refractivity contribution in [3.63, 3.8) is 0 Å². The van der Waals surface area contributed by atoms with Gasteiger partial charge in [-0.25, -0.2) is 0 Å². The SMILES string of the molecule is [CH]COCC[N+](C)(C)C. The quantitative estimate of drug-likeness (QED) is 0.396. The highest BCUT2D eigenvalue weighted by Crippen LogP contribution is 1.88. The summed E-state index contributed by atoms with van der Waals surface area (Å²) in [7, 11) is 6.37. The summed E-state index contributed by atoms with van der Waals surface area (Å²) < 4.78 is 5.90. The predicted molar refractivity (Wildman–Crippen MR) is 38.0 cm³/mol. The normalized spacial score (nSPS) is 12.0. The number of rotatable bonds is 4. The average Bonchev–Trinajstić information content (AvgIpc) is 1.63. The third-order valence-electron chi connectivity index (χ3n) is 1.02. The van der Waals surface area contributed by atoms with Crippen LogP contribution in [0.15, 0.2) is 0 Å². The van der Waals surface area contributed by atoms with E-state index < -0.39 is 0 Å². The van der Waals surface area contributed by atoms with Crippen molar-refractivity contribution < 1.29 is 9.22 Å². The Labute approximate surface area is 58.0 Å². The molecule has 0 aromatic carbocycles. The Balaban J connectivity index is 3.07. The summed E-state index contributed by atoms with van der Waals surface area (Å²) in [6, 6.07) is 0. The van der Waals surface area contributed by atoms with Gasteiger partial charge in [-0.1, -0.05) is 0 Å². The fourth-order valence-electron chi connectivity index (χ4n) is 0.422. The molecule has 0 bridgehead atoms. The van der Waals surface area contributed by atoms with E-state index in [1.807, 2.05) is 0 Å². The highest BCUT2D eigenvalue weighted by atomic mass is 16.5. The highest BCUT2D eigenvalue weighted by molar-refractivity contribution is 4.31. The number of hydrogen-bond acceptors (Lipinski definition) is 1. The minimum absolute atomic E-state index is 0.333. The molecular weight excluding hydrogens is 114 g/mol. The second-order valence-electron chi connectivity index (χ2n) is 3.09. The molecule has 0 saturated carbocycles. The maximum atomic E-state index is 5.13. The van der Waals surface area contributed by atoms with Crippen molar-refractivity contribution in [2.75, 3.05) is 40.9 Å². The Morgan fingerprint density at radius 3 is 2.22 bits per heavy atom. The van der Waals surface area contributed by atoms with Crippen LogP contribution in [0.1, 0.15) is 0 Å². The Bertz CT molecular complexity index is 65.8. The summed E-state index contributed by atoms with van der Waals surface area (Å²) in [5.74, 6) is 0. The van der Waals surface area contributed by atoms with Gasteiger partial charge in [-0.05, 0) is 6.92 Å². The maximum absolute atomic E-state index is 5.13. The van der Waals surface area contributed by atoms with Crippen LogP contribution in [-0.2, 0) is 4.74 Å². The Hall–Kier alpha value is -0.0800. The molecule has 0 amide bonds. The van der Waals surface area contributed by atoms with Gasteiger partial charge in [-0.3, -0.25) is 0 Å². The molecular formula is C7H16NO+. The molecule has 0 aromatic heterocycles. The van der Waals surface area contributed by atoms with Gasteiger partial charge in [0.15, 0.2) is 0 Å². The molecule has 0 atom stereocenters. The van der Waals surface area contributed by atoms with Gasteiger partial charge in [-0.15, -0.1) is 0 Å². The van der Waals surface area contributed by atoms with E-state index in [2.05, 4.69) is 21.1 Å². The molecule has 9 heavy (non-hydrogen) atoms. The van der Waals surface area contributed by atoms with E-state index in [1.54, 1.807) is 0 Å². The van der Waals surface area contributed by atoms with Crippen LogP contribution in [0.4, 0.5) is 0 Å². The van der Waals surface area contributed by atoms with Gasteiger partial charge in [0, 0.05) is 0 Å². The predicted octanol–water partition coefficient (Wildman–Crippen LogP) is 0.420. The van der Waals surface area contributed by atoms with Crippen molar-refractivity contribution in [1.82, 2.24) is 0 Å². The number of hydrogen-bond donors (Lipinski definition) is 0. The monoisotopic (exact) mass is 130 g/mol. The van der Waals surface area contributed by atoms with E-state index in [0.29, 0.717) is 6.61 Å². The molecule has 54 valence electrons. The first-order valence-electron chi connectivity index (χ1n) is 3.14. The van der Waals surface area contributed by atoms with Crippen molar-refractivity contribution in [3.8, 4) is 0 Å². The third-order valence-corrected chi connectivity index (χ3v) is 1.02. The van der Waals surface area contributed by atoms with Crippen LogP contribution >= 0.6 is 0 Å². The van der Waals surface area contributed by atoms with Crippen molar-refractivity contribution in [2.24, 2.45) is 0 Å². The van der Waals surface area contributed by atoms with Crippen molar-refractivity contribution in [3.05, 3.63) is 6.92 Å². The van der Waals surface area contributed by atoms with Gasteiger partial charge in [0.1, 0.15) is 6.54 Å². The Morgan fingerprint density at radius 1 is 1.33 bits per heavy atom. The first-order valence-corrected chi connectivity index (χ1v) is 3.14. The molecule has 2 radical (unpaired) electrons. The number of nitrogens with zero attached hydrogens (tertiary/aromatic N) is 1. The molecule has 0 fully saturated rings. The standard InChI is InChI=1S/C7H16NO/c1-5-9-7-6-8(2,3)4/h1H,5-7H2,2-4H3/q+1. The summed E-state index contributed by atoms with van der Waals surface area (Å²) >= 11 is 0. The van der Waals surface area contributed by atoms with Crippen molar-refractivity contribution >= 4 is 0 Å². The smallest absolute Gasteiger partial charge is 0.102 e. The van der Waals surface area contributed by atoms with Crippen LogP contribution in [-0.4, -0.2) is 45.4 Å². The number of likely N-dealkylation sites (N-methyl/N-ethyl adjacent to an activating group) is 1. The fourth-order valence-corrected chi connectivity index (χ4v) is 0.422. The average molecular weight is 130 g/mol. The van der Waals surface area contributed by atoms with E-state index in [4.69, 9.17) is 11.7 Å². The van der Waals surface area contributed by atoms with E-state index in [1.165, 1.54) is 0 Å². The largest absolute Gasteiger partial charge is 0.375 e.